The molecule has 0 spiro atoms. The number of nitrogens with zero attached hydrogens (tertiary/aromatic N) is 1. The van der Waals surface area contributed by atoms with Gasteiger partial charge in [0.25, 0.3) is 0 Å². The van der Waals surface area contributed by atoms with Crippen LogP contribution in [-0.2, 0) is 4.74 Å². The highest BCUT2D eigenvalue weighted by Gasteiger charge is 2.33. The second-order valence-corrected chi connectivity index (χ2v) is 5.87. The van der Waals surface area contributed by atoms with Gasteiger partial charge in [0.2, 0.25) is 0 Å². The number of rotatable bonds is 7. The van der Waals surface area contributed by atoms with Crippen LogP contribution in [0.5, 0.6) is 0 Å². The first-order valence-corrected chi connectivity index (χ1v) is 6.98. The Morgan fingerprint density at radius 2 is 1.88 bits per heavy atom. The van der Waals surface area contributed by atoms with Crippen LogP contribution in [0.25, 0.3) is 0 Å². The lowest BCUT2D eigenvalue weighted by Gasteiger charge is -2.43. The van der Waals surface area contributed by atoms with Gasteiger partial charge in [0.15, 0.2) is 0 Å². The zero-order valence-corrected chi connectivity index (χ0v) is 12.1. The topological polar surface area (TPSA) is 24.5 Å². The van der Waals surface area contributed by atoms with Gasteiger partial charge in [-0.15, -0.1) is 0 Å². The van der Waals surface area contributed by atoms with Crippen molar-refractivity contribution in [3.05, 3.63) is 0 Å². The average molecular weight is 242 g/mol. The first-order chi connectivity index (χ1) is 8.10. The largest absolute Gasteiger partial charge is 0.384 e. The van der Waals surface area contributed by atoms with Crippen LogP contribution >= 0.6 is 0 Å². The third kappa shape index (κ3) is 4.57. The van der Waals surface area contributed by atoms with Crippen LogP contribution in [0.3, 0.4) is 0 Å². The molecule has 1 fully saturated rings. The van der Waals surface area contributed by atoms with Crippen molar-refractivity contribution in [1.29, 1.82) is 0 Å². The van der Waals surface area contributed by atoms with Crippen molar-refractivity contribution in [1.82, 2.24) is 10.2 Å². The minimum Gasteiger partial charge on any atom is -0.384 e. The van der Waals surface area contributed by atoms with Gasteiger partial charge in [-0.25, -0.2) is 0 Å². The van der Waals surface area contributed by atoms with Crippen molar-refractivity contribution < 1.29 is 4.74 Å². The van der Waals surface area contributed by atoms with E-state index < -0.39 is 0 Å². The molecular formula is C14H30N2O. The van der Waals surface area contributed by atoms with Crippen molar-refractivity contribution in [2.75, 3.05) is 40.9 Å². The smallest absolute Gasteiger partial charge is 0.0499 e. The van der Waals surface area contributed by atoms with E-state index in [9.17, 15) is 0 Å². The maximum atomic E-state index is 5.17. The monoisotopic (exact) mass is 242 g/mol. The van der Waals surface area contributed by atoms with Gasteiger partial charge in [-0.05, 0) is 39.4 Å². The quantitative estimate of drug-likeness (QED) is 0.740. The molecule has 1 N–H and O–H groups in total. The summed E-state index contributed by atoms with van der Waals surface area (Å²) in [6.07, 6.45) is 6.86. The van der Waals surface area contributed by atoms with Gasteiger partial charge >= 0.3 is 0 Å². The highest BCUT2D eigenvalue weighted by Crippen LogP contribution is 2.31. The Kier molecular flexibility index (Phi) is 6.45. The van der Waals surface area contributed by atoms with Crippen LogP contribution in [0.1, 0.15) is 39.0 Å². The number of nitrogens with one attached hydrogen (secondary N) is 1. The molecule has 0 radical (unpaired) electrons. The minimum atomic E-state index is 0.394. The summed E-state index contributed by atoms with van der Waals surface area (Å²) < 4.78 is 5.17. The fourth-order valence-corrected chi connectivity index (χ4v) is 2.89. The Bertz CT molecular complexity index is 200. The molecule has 102 valence electrons. The molecule has 3 heteroatoms. The number of likely N-dealkylation sites (N-methyl/N-ethyl adjacent to an activating group) is 1. The van der Waals surface area contributed by atoms with E-state index in [1.54, 1.807) is 7.11 Å². The zero-order chi connectivity index (χ0) is 12.7. The number of ether oxygens (including phenoxy) is 1. The number of hydrogen-bond acceptors (Lipinski definition) is 3. The van der Waals surface area contributed by atoms with E-state index >= 15 is 0 Å². The van der Waals surface area contributed by atoms with Crippen LogP contribution in [0, 0.1) is 5.92 Å². The van der Waals surface area contributed by atoms with E-state index in [-0.39, 0.29) is 0 Å². The summed E-state index contributed by atoms with van der Waals surface area (Å²) in [5.41, 5.74) is 0.394. The van der Waals surface area contributed by atoms with Crippen molar-refractivity contribution in [3.63, 3.8) is 0 Å². The molecule has 0 aliphatic heterocycles. The van der Waals surface area contributed by atoms with Crippen LogP contribution in [0.4, 0.5) is 0 Å². The van der Waals surface area contributed by atoms with Crippen molar-refractivity contribution in [2.45, 2.75) is 44.6 Å². The molecule has 1 aliphatic rings. The molecule has 0 heterocycles. The molecule has 0 bridgehead atoms. The fourth-order valence-electron chi connectivity index (χ4n) is 2.89. The zero-order valence-electron chi connectivity index (χ0n) is 12.1. The molecule has 0 aromatic heterocycles. The van der Waals surface area contributed by atoms with Crippen molar-refractivity contribution >= 4 is 0 Å². The predicted molar refractivity (Wildman–Crippen MR) is 73.4 cm³/mol. The van der Waals surface area contributed by atoms with Gasteiger partial charge in [0.05, 0.1) is 0 Å². The molecule has 1 atom stereocenters. The van der Waals surface area contributed by atoms with Crippen LogP contribution in [0.15, 0.2) is 0 Å². The lowest BCUT2D eigenvalue weighted by atomic mass is 9.80. The molecule has 0 saturated heterocycles. The SMILES string of the molecule is COCC(C)CNCC1(N(C)C)CCCCC1. The van der Waals surface area contributed by atoms with E-state index in [0.29, 0.717) is 11.5 Å². The average Bonchev–Trinajstić information content (AvgIpc) is 2.30. The van der Waals surface area contributed by atoms with Gasteiger partial charge in [0.1, 0.15) is 0 Å². The first-order valence-electron chi connectivity index (χ1n) is 6.98. The Balaban J connectivity index is 2.34. The van der Waals surface area contributed by atoms with Gasteiger partial charge in [-0.1, -0.05) is 26.2 Å². The standard InChI is InChI=1S/C14H30N2O/c1-13(11-17-4)10-15-12-14(16(2)3)8-6-5-7-9-14/h13,15H,5-12H2,1-4H3. The van der Waals surface area contributed by atoms with E-state index in [1.807, 2.05) is 0 Å². The van der Waals surface area contributed by atoms with Gasteiger partial charge in [-0.3, -0.25) is 0 Å². The molecule has 3 nitrogen and oxygen atoms in total. The molecule has 0 aromatic rings. The Labute approximate surface area is 107 Å². The summed E-state index contributed by atoms with van der Waals surface area (Å²) in [4.78, 5) is 2.43. The summed E-state index contributed by atoms with van der Waals surface area (Å²) in [5, 5.41) is 3.64. The minimum absolute atomic E-state index is 0.394. The molecule has 1 aliphatic carbocycles. The van der Waals surface area contributed by atoms with E-state index in [4.69, 9.17) is 4.74 Å². The van der Waals surface area contributed by atoms with Gasteiger partial charge < -0.3 is 15.0 Å². The van der Waals surface area contributed by atoms with E-state index in [0.717, 1.165) is 19.7 Å². The summed E-state index contributed by atoms with van der Waals surface area (Å²) in [6.45, 7) is 5.26. The molecule has 0 aromatic carbocycles. The van der Waals surface area contributed by atoms with Gasteiger partial charge in [0, 0.05) is 25.8 Å². The Hall–Kier alpha value is -0.120. The summed E-state index contributed by atoms with van der Waals surface area (Å²) >= 11 is 0. The Morgan fingerprint density at radius 1 is 1.24 bits per heavy atom. The molecule has 1 saturated carbocycles. The number of hydrogen-bond donors (Lipinski definition) is 1. The van der Waals surface area contributed by atoms with Gasteiger partial charge in [-0.2, -0.15) is 0 Å². The summed E-state index contributed by atoms with van der Waals surface area (Å²) in [7, 11) is 6.23. The summed E-state index contributed by atoms with van der Waals surface area (Å²) in [5.74, 6) is 0.600. The van der Waals surface area contributed by atoms with Crippen LogP contribution in [-0.4, -0.2) is 51.3 Å². The van der Waals surface area contributed by atoms with E-state index in [2.05, 4.69) is 31.2 Å². The summed E-state index contributed by atoms with van der Waals surface area (Å²) in [6, 6.07) is 0. The Morgan fingerprint density at radius 3 is 2.41 bits per heavy atom. The first kappa shape index (κ1) is 14.9. The maximum absolute atomic E-state index is 5.17. The highest BCUT2D eigenvalue weighted by molar-refractivity contribution is 4.92. The molecule has 1 unspecified atom stereocenters. The molecular weight excluding hydrogens is 212 g/mol. The lowest BCUT2D eigenvalue weighted by Crippen LogP contribution is -2.53. The highest BCUT2D eigenvalue weighted by atomic mass is 16.5. The molecule has 0 amide bonds. The third-order valence-corrected chi connectivity index (χ3v) is 4.13. The third-order valence-electron chi connectivity index (χ3n) is 4.13. The van der Waals surface area contributed by atoms with E-state index in [1.165, 1.54) is 32.1 Å². The maximum Gasteiger partial charge on any atom is 0.0499 e. The fraction of sp³-hybridized carbons (Fsp3) is 1.00. The number of methoxy groups -OCH3 is 1. The lowest BCUT2D eigenvalue weighted by molar-refractivity contribution is 0.0945. The predicted octanol–water partition coefficient (Wildman–Crippen LogP) is 2.12. The normalized spacial score (nSPS) is 21.7. The molecule has 1 rings (SSSR count). The second-order valence-electron chi connectivity index (χ2n) is 5.87. The van der Waals surface area contributed by atoms with Crippen LogP contribution < -0.4 is 5.32 Å². The van der Waals surface area contributed by atoms with Crippen LogP contribution in [0.2, 0.25) is 0 Å². The van der Waals surface area contributed by atoms with Crippen molar-refractivity contribution in [2.24, 2.45) is 5.92 Å². The van der Waals surface area contributed by atoms with Crippen molar-refractivity contribution in [3.8, 4) is 0 Å². The second kappa shape index (κ2) is 7.34. The molecule has 17 heavy (non-hydrogen) atoms.